The zero-order chi connectivity index (χ0) is 12.4. The molecule has 1 aliphatic rings. The third kappa shape index (κ3) is 2.70. The van der Waals surface area contributed by atoms with Gasteiger partial charge in [0.15, 0.2) is 0 Å². The molecule has 2 nitrogen and oxygen atoms in total. The molecule has 2 N–H and O–H groups in total. The summed E-state index contributed by atoms with van der Waals surface area (Å²) in [6.07, 6.45) is 3.31. The van der Waals surface area contributed by atoms with E-state index in [1.54, 1.807) is 0 Å². The molecule has 2 atom stereocenters. The number of thioether (sulfide) groups is 1. The standard InChI is InChI=1S/C13H19BrN2S/c1-16-8-9(7-15)6-11(16)13-10(14)4-3-5-12(13)17-2/h3-5,9,11H,6-8,15H2,1-2H3. The van der Waals surface area contributed by atoms with Gasteiger partial charge >= 0.3 is 0 Å². The summed E-state index contributed by atoms with van der Waals surface area (Å²) in [7, 11) is 2.20. The molecular weight excluding hydrogens is 296 g/mol. The number of likely N-dealkylation sites (tertiary alicyclic amines) is 1. The maximum atomic E-state index is 5.80. The topological polar surface area (TPSA) is 29.3 Å². The monoisotopic (exact) mass is 314 g/mol. The highest BCUT2D eigenvalue weighted by atomic mass is 79.9. The van der Waals surface area contributed by atoms with Gasteiger partial charge in [0.25, 0.3) is 0 Å². The average molecular weight is 315 g/mol. The normalized spacial score (nSPS) is 25.4. The molecule has 1 aromatic carbocycles. The smallest absolute Gasteiger partial charge is 0.0371 e. The number of rotatable bonds is 3. The van der Waals surface area contributed by atoms with Crippen molar-refractivity contribution in [2.75, 3.05) is 26.4 Å². The van der Waals surface area contributed by atoms with E-state index >= 15 is 0 Å². The minimum atomic E-state index is 0.501. The van der Waals surface area contributed by atoms with E-state index in [0.717, 1.165) is 13.1 Å². The molecular formula is C13H19BrN2S. The molecule has 2 unspecified atom stereocenters. The lowest BCUT2D eigenvalue weighted by Gasteiger charge is -2.23. The van der Waals surface area contributed by atoms with Crippen molar-refractivity contribution < 1.29 is 0 Å². The Balaban J connectivity index is 2.34. The first-order valence-corrected chi connectivity index (χ1v) is 7.91. The molecule has 1 saturated heterocycles. The third-order valence-electron chi connectivity index (χ3n) is 3.53. The van der Waals surface area contributed by atoms with Crippen molar-refractivity contribution in [3.63, 3.8) is 0 Å². The van der Waals surface area contributed by atoms with Crippen LogP contribution in [0.2, 0.25) is 0 Å². The number of nitrogens with two attached hydrogens (primary N) is 1. The quantitative estimate of drug-likeness (QED) is 0.869. The molecule has 0 saturated carbocycles. The van der Waals surface area contributed by atoms with Crippen molar-refractivity contribution in [2.24, 2.45) is 11.7 Å². The molecule has 1 fully saturated rings. The van der Waals surface area contributed by atoms with E-state index in [0.29, 0.717) is 12.0 Å². The highest BCUT2D eigenvalue weighted by molar-refractivity contribution is 9.10. The molecule has 0 spiro atoms. The summed E-state index contributed by atoms with van der Waals surface area (Å²) in [4.78, 5) is 3.80. The maximum absolute atomic E-state index is 5.80. The molecule has 0 amide bonds. The Bertz CT molecular complexity index is 397. The average Bonchev–Trinajstić information content (AvgIpc) is 2.70. The van der Waals surface area contributed by atoms with Crippen molar-refractivity contribution in [3.8, 4) is 0 Å². The van der Waals surface area contributed by atoms with E-state index in [9.17, 15) is 0 Å². The fourth-order valence-corrected chi connectivity index (χ4v) is 4.07. The molecule has 4 heteroatoms. The fourth-order valence-electron chi connectivity index (χ4n) is 2.63. The van der Waals surface area contributed by atoms with Crippen LogP contribution in [0.15, 0.2) is 27.6 Å². The first kappa shape index (κ1) is 13.4. The predicted octanol–water partition coefficient (Wildman–Crippen LogP) is 3.12. The highest BCUT2D eigenvalue weighted by Crippen LogP contribution is 2.41. The zero-order valence-electron chi connectivity index (χ0n) is 10.3. The van der Waals surface area contributed by atoms with Crippen LogP contribution in [0.5, 0.6) is 0 Å². The van der Waals surface area contributed by atoms with Crippen LogP contribution >= 0.6 is 27.7 Å². The van der Waals surface area contributed by atoms with E-state index in [4.69, 9.17) is 5.73 Å². The Hall–Kier alpha value is -0.0300. The van der Waals surface area contributed by atoms with Crippen molar-refractivity contribution >= 4 is 27.7 Å². The summed E-state index contributed by atoms with van der Waals surface area (Å²) < 4.78 is 1.22. The molecule has 17 heavy (non-hydrogen) atoms. The summed E-state index contributed by atoms with van der Waals surface area (Å²) in [6.45, 7) is 1.90. The lowest BCUT2D eigenvalue weighted by atomic mass is 10.00. The molecule has 94 valence electrons. The van der Waals surface area contributed by atoms with Gasteiger partial charge in [0.05, 0.1) is 0 Å². The predicted molar refractivity (Wildman–Crippen MR) is 78.5 cm³/mol. The van der Waals surface area contributed by atoms with Gasteiger partial charge in [-0.2, -0.15) is 0 Å². The van der Waals surface area contributed by atoms with Gasteiger partial charge in [0.1, 0.15) is 0 Å². The van der Waals surface area contributed by atoms with Gasteiger partial charge in [-0.3, -0.25) is 4.90 Å². The molecule has 0 aliphatic carbocycles. The number of benzene rings is 1. The van der Waals surface area contributed by atoms with Crippen molar-refractivity contribution in [3.05, 3.63) is 28.2 Å². The summed E-state index contributed by atoms with van der Waals surface area (Å²) in [5.41, 5.74) is 7.23. The molecule has 1 aliphatic heterocycles. The summed E-state index contributed by atoms with van der Waals surface area (Å²) >= 11 is 5.52. The second kappa shape index (κ2) is 5.74. The van der Waals surface area contributed by atoms with Crippen LogP contribution in [0.3, 0.4) is 0 Å². The van der Waals surface area contributed by atoms with E-state index in [2.05, 4.69) is 52.3 Å². The van der Waals surface area contributed by atoms with Crippen molar-refractivity contribution in [2.45, 2.75) is 17.4 Å². The molecule has 0 bridgehead atoms. The van der Waals surface area contributed by atoms with Crippen LogP contribution in [0.1, 0.15) is 18.0 Å². The van der Waals surface area contributed by atoms with Gasteiger partial charge in [0.2, 0.25) is 0 Å². The maximum Gasteiger partial charge on any atom is 0.0371 e. The first-order chi connectivity index (χ1) is 8.17. The Morgan fingerprint density at radius 1 is 1.53 bits per heavy atom. The van der Waals surface area contributed by atoms with Crippen molar-refractivity contribution in [1.29, 1.82) is 0 Å². The summed E-state index contributed by atoms with van der Waals surface area (Å²) in [6, 6.07) is 6.95. The van der Waals surface area contributed by atoms with Crippen LogP contribution in [0, 0.1) is 5.92 Å². The van der Waals surface area contributed by atoms with E-state index in [1.807, 2.05) is 11.8 Å². The molecule has 1 aromatic rings. The first-order valence-electron chi connectivity index (χ1n) is 5.90. The number of halogens is 1. The van der Waals surface area contributed by atoms with Gasteiger partial charge in [-0.15, -0.1) is 11.8 Å². The Labute approximate surface area is 116 Å². The number of hydrogen-bond donors (Lipinski definition) is 1. The Kier molecular flexibility index (Phi) is 4.53. The number of hydrogen-bond acceptors (Lipinski definition) is 3. The molecule has 0 radical (unpaired) electrons. The summed E-state index contributed by atoms with van der Waals surface area (Å²) in [5.74, 6) is 0.631. The van der Waals surface area contributed by atoms with E-state index in [-0.39, 0.29) is 0 Å². The van der Waals surface area contributed by atoms with Crippen LogP contribution < -0.4 is 5.73 Å². The van der Waals surface area contributed by atoms with Crippen LogP contribution in [0.4, 0.5) is 0 Å². The lowest BCUT2D eigenvalue weighted by Crippen LogP contribution is -2.21. The highest BCUT2D eigenvalue weighted by Gasteiger charge is 2.32. The molecule has 1 heterocycles. The lowest BCUT2D eigenvalue weighted by molar-refractivity contribution is 0.310. The van der Waals surface area contributed by atoms with Crippen LogP contribution in [-0.4, -0.2) is 31.3 Å². The molecule has 2 rings (SSSR count). The van der Waals surface area contributed by atoms with E-state index in [1.165, 1.54) is 21.4 Å². The second-order valence-electron chi connectivity index (χ2n) is 4.65. The number of nitrogens with zero attached hydrogens (tertiary/aromatic N) is 1. The minimum absolute atomic E-state index is 0.501. The van der Waals surface area contributed by atoms with Gasteiger partial charge in [-0.25, -0.2) is 0 Å². The molecule has 0 aromatic heterocycles. The van der Waals surface area contributed by atoms with Gasteiger partial charge in [-0.05, 0) is 49.9 Å². The second-order valence-corrected chi connectivity index (χ2v) is 6.35. The van der Waals surface area contributed by atoms with Gasteiger partial charge in [-0.1, -0.05) is 22.0 Å². The van der Waals surface area contributed by atoms with Crippen molar-refractivity contribution in [1.82, 2.24) is 4.90 Å². The SMILES string of the molecule is CSc1cccc(Br)c1C1CC(CN)CN1C. The fraction of sp³-hybridized carbons (Fsp3) is 0.538. The summed E-state index contributed by atoms with van der Waals surface area (Å²) in [5, 5.41) is 0. The van der Waals surface area contributed by atoms with E-state index < -0.39 is 0 Å². The zero-order valence-corrected chi connectivity index (χ0v) is 12.7. The minimum Gasteiger partial charge on any atom is -0.330 e. The third-order valence-corrected chi connectivity index (χ3v) is 5.02. The Morgan fingerprint density at radius 2 is 2.29 bits per heavy atom. The largest absolute Gasteiger partial charge is 0.330 e. The van der Waals surface area contributed by atoms with Gasteiger partial charge in [0, 0.05) is 22.0 Å². The van der Waals surface area contributed by atoms with Crippen LogP contribution in [0.25, 0.3) is 0 Å². The Morgan fingerprint density at radius 3 is 2.88 bits per heavy atom. The van der Waals surface area contributed by atoms with Crippen LogP contribution in [-0.2, 0) is 0 Å². The van der Waals surface area contributed by atoms with Gasteiger partial charge < -0.3 is 5.73 Å².